The molecular formula is C19H25N. The van der Waals surface area contributed by atoms with Gasteiger partial charge in [0.05, 0.1) is 0 Å². The first-order chi connectivity index (χ1) is 9.87. The molecule has 1 aromatic carbocycles. The number of nitrogens with one attached hydrogen (secondary N) is 1. The molecule has 2 unspecified atom stereocenters. The Hall–Kier alpha value is -0.820. The normalized spacial score (nSPS) is 48.5. The van der Waals surface area contributed by atoms with E-state index in [2.05, 4.69) is 35.6 Å². The van der Waals surface area contributed by atoms with Crippen LogP contribution in [0.2, 0.25) is 0 Å². The molecule has 0 aromatic heterocycles. The highest BCUT2D eigenvalue weighted by Gasteiger charge is 2.50. The molecule has 1 aromatic rings. The Balaban J connectivity index is 1.27. The maximum absolute atomic E-state index is 4.08. The molecule has 0 aliphatic heterocycles. The number of hydrogen-bond acceptors (Lipinski definition) is 1. The fraction of sp³-hybridized carbons (Fsp3) is 0.684. The van der Waals surface area contributed by atoms with Gasteiger partial charge in [0.25, 0.3) is 0 Å². The molecule has 1 nitrogen and oxygen atoms in total. The Morgan fingerprint density at radius 1 is 0.750 bits per heavy atom. The molecule has 0 heterocycles. The molecule has 20 heavy (non-hydrogen) atoms. The van der Waals surface area contributed by atoms with Crippen LogP contribution in [0, 0.1) is 23.7 Å². The van der Waals surface area contributed by atoms with Crippen molar-refractivity contribution < 1.29 is 0 Å². The standard InChI is InChI=1S/C19H25N/c1-2-4-14(5-3-1)17-11-18(17)20-19-15-7-12-6-13(9-15)10-16(19)8-12/h1-5,12-13,15-20H,6-11H2. The van der Waals surface area contributed by atoms with Crippen LogP contribution in [0.3, 0.4) is 0 Å². The molecule has 0 amide bonds. The lowest BCUT2D eigenvalue weighted by Gasteiger charge is -2.54. The van der Waals surface area contributed by atoms with Gasteiger partial charge in [-0.3, -0.25) is 0 Å². The molecule has 2 atom stereocenters. The Morgan fingerprint density at radius 2 is 1.40 bits per heavy atom. The second-order valence-electron chi connectivity index (χ2n) is 7.98. The number of hydrogen-bond donors (Lipinski definition) is 1. The minimum absolute atomic E-state index is 0.778. The summed E-state index contributed by atoms with van der Waals surface area (Å²) < 4.78 is 0. The Morgan fingerprint density at radius 3 is 2.05 bits per heavy atom. The number of rotatable bonds is 3. The smallest absolute Gasteiger partial charge is 0.0146 e. The topological polar surface area (TPSA) is 12.0 Å². The van der Waals surface area contributed by atoms with Crippen LogP contribution in [0.25, 0.3) is 0 Å². The van der Waals surface area contributed by atoms with Gasteiger partial charge < -0.3 is 5.32 Å². The maximum atomic E-state index is 4.08. The van der Waals surface area contributed by atoms with E-state index in [4.69, 9.17) is 0 Å². The van der Waals surface area contributed by atoms with Gasteiger partial charge in [0, 0.05) is 18.0 Å². The molecule has 6 rings (SSSR count). The molecule has 1 heteroatoms. The fourth-order valence-corrected chi connectivity index (χ4v) is 5.89. The molecule has 0 saturated heterocycles. The van der Waals surface area contributed by atoms with Gasteiger partial charge in [0.15, 0.2) is 0 Å². The van der Waals surface area contributed by atoms with Crippen molar-refractivity contribution in [1.29, 1.82) is 0 Å². The molecule has 5 saturated carbocycles. The van der Waals surface area contributed by atoms with E-state index in [-0.39, 0.29) is 0 Å². The largest absolute Gasteiger partial charge is 0.310 e. The van der Waals surface area contributed by atoms with E-state index < -0.39 is 0 Å². The first kappa shape index (κ1) is 11.8. The van der Waals surface area contributed by atoms with E-state index >= 15 is 0 Å². The Bertz CT molecular complexity index is 466. The molecule has 106 valence electrons. The first-order valence-electron chi connectivity index (χ1n) is 8.68. The zero-order chi connectivity index (χ0) is 13.1. The zero-order valence-electron chi connectivity index (χ0n) is 12.2. The van der Waals surface area contributed by atoms with Gasteiger partial charge in [-0.25, -0.2) is 0 Å². The highest BCUT2D eigenvalue weighted by atomic mass is 15.0. The third-order valence-corrected chi connectivity index (χ3v) is 6.65. The van der Waals surface area contributed by atoms with Gasteiger partial charge >= 0.3 is 0 Å². The Labute approximate surface area is 122 Å². The van der Waals surface area contributed by atoms with Gasteiger partial charge in [-0.1, -0.05) is 30.3 Å². The van der Waals surface area contributed by atoms with Crippen LogP contribution in [0.4, 0.5) is 0 Å². The van der Waals surface area contributed by atoms with Gasteiger partial charge in [-0.15, -0.1) is 0 Å². The average molecular weight is 267 g/mol. The lowest BCUT2D eigenvalue weighted by Crippen LogP contribution is -2.55. The molecule has 5 aliphatic carbocycles. The second-order valence-corrected chi connectivity index (χ2v) is 7.98. The van der Waals surface area contributed by atoms with Crippen molar-refractivity contribution in [3.05, 3.63) is 35.9 Å². The summed E-state index contributed by atoms with van der Waals surface area (Å²) in [6.07, 6.45) is 9.07. The fourth-order valence-electron chi connectivity index (χ4n) is 5.89. The summed E-state index contributed by atoms with van der Waals surface area (Å²) in [6.45, 7) is 0. The quantitative estimate of drug-likeness (QED) is 0.874. The maximum Gasteiger partial charge on any atom is 0.0146 e. The van der Waals surface area contributed by atoms with E-state index in [0.717, 1.165) is 41.7 Å². The van der Waals surface area contributed by atoms with Gasteiger partial charge in [-0.05, 0) is 67.8 Å². The van der Waals surface area contributed by atoms with Crippen molar-refractivity contribution in [3.63, 3.8) is 0 Å². The van der Waals surface area contributed by atoms with Crippen LogP contribution >= 0.6 is 0 Å². The predicted octanol–water partition coefficient (Wildman–Crippen LogP) is 3.96. The lowest BCUT2D eigenvalue weighted by molar-refractivity contribution is -0.0144. The summed E-state index contributed by atoms with van der Waals surface area (Å²) in [7, 11) is 0. The summed E-state index contributed by atoms with van der Waals surface area (Å²) in [5.74, 6) is 5.03. The SMILES string of the molecule is c1ccc(C2CC2NC2C3CC4CC(C3)CC2C4)cc1. The van der Waals surface area contributed by atoms with Gasteiger partial charge in [0.1, 0.15) is 0 Å². The van der Waals surface area contributed by atoms with Crippen molar-refractivity contribution in [3.8, 4) is 0 Å². The highest BCUT2D eigenvalue weighted by molar-refractivity contribution is 5.28. The molecule has 0 radical (unpaired) electrons. The molecule has 5 aliphatic rings. The predicted molar refractivity (Wildman–Crippen MR) is 81.6 cm³/mol. The number of benzene rings is 1. The van der Waals surface area contributed by atoms with E-state index in [0.29, 0.717) is 0 Å². The molecule has 4 bridgehead atoms. The summed E-state index contributed by atoms with van der Waals surface area (Å²) in [4.78, 5) is 0. The molecular weight excluding hydrogens is 242 g/mol. The monoisotopic (exact) mass is 267 g/mol. The van der Waals surface area contributed by atoms with Crippen LogP contribution < -0.4 is 5.32 Å². The summed E-state index contributed by atoms with van der Waals surface area (Å²) in [5, 5.41) is 4.08. The van der Waals surface area contributed by atoms with E-state index in [9.17, 15) is 0 Å². The van der Waals surface area contributed by atoms with Crippen LogP contribution in [0.5, 0.6) is 0 Å². The van der Waals surface area contributed by atoms with Crippen molar-refractivity contribution in [2.24, 2.45) is 23.7 Å². The average Bonchev–Trinajstić information content (AvgIpc) is 3.22. The minimum atomic E-state index is 0.778. The summed E-state index contributed by atoms with van der Waals surface area (Å²) >= 11 is 0. The zero-order valence-corrected chi connectivity index (χ0v) is 12.2. The molecule has 0 spiro atoms. The van der Waals surface area contributed by atoms with Crippen LogP contribution in [0.15, 0.2) is 30.3 Å². The van der Waals surface area contributed by atoms with Crippen LogP contribution in [-0.2, 0) is 0 Å². The van der Waals surface area contributed by atoms with Gasteiger partial charge in [0.2, 0.25) is 0 Å². The van der Waals surface area contributed by atoms with Crippen LogP contribution in [0.1, 0.15) is 50.0 Å². The van der Waals surface area contributed by atoms with Crippen molar-refractivity contribution in [1.82, 2.24) is 5.32 Å². The summed E-state index contributed by atoms with van der Waals surface area (Å²) in [6, 6.07) is 12.8. The van der Waals surface area contributed by atoms with E-state index in [1.165, 1.54) is 32.1 Å². The van der Waals surface area contributed by atoms with Gasteiger partial charge in [-0.2, -0.15) is 0 Å². The lowest BCUT2D eigenvalue weighted by atomic mass is 9.54. The first-order valence-corrected chi connectivity index (χ1v) is 8.68. The van der Waals surface area contributed by atoms with Crippen molar-refractivity contribution in [2.75, 3.05) is 0 Å². The van der Waals surface area contributed by atoms with Crippen molar-refractivity contribution in [2.45, 2.75) is 56.5 Å². The third kappa shape index (κ3) is 1.86. The molecule has 5 fully saturated rings. The van der Waals surface area contributed by atoms with Crippen molar-refractivity contribution >= 4 is 0 Å². The van der Waals surface area contributed by atoms with E-state index in [1.54, 1.807) is 12.0 Å². The summed E-state index contributed by atoms with van der Waals surface area (Å²) in [5.41, 5.74) is 1.55. The second kappa shape index (κ2) is 4.34. The van der Waals surface area contributed by atoms with E-state index in [1.807, 2.05) is 0 Å². The van der Waals surface area contributed by atoms with Crippen LogP contribution in [-0.4, -0.2) is 12.1 Å². The minimum Gasteiger partial charge on any atom is -0.310 e. The third-order valence-electron chi connectivity index (χ3n) is 6.65. The Kier molecular flexibility index (Phi) is 2.56. The highest BCUT2D eigenvalue weighted by Crippen LogP contribution is 2.54. The molecule has 1 N–H and O–H groups in total.